The van der Waals surface area contributed by atoms with Crippen molar-refractivity contribution in [1.82, 2.24) is 9.62 Å². The van der Waals surface area contributed by atoms with Gasteiger partial charge in [0.1, 0.15) is 5.69 Å². The number of nitro groups is 1. The van der Waals surface area contributed by atoms with Gasteiger partial charge in [-0.1, -0.05) is 0 Å². The highest BCUT2D eigenvalue weighted by molar-refractivity contribution is 7.89. The Kier molecular flexibility index (Phi) is 4.45. The Labute approximate surface area is 123 Å². The van der Waals surface area contributed by atoms with E-state index in [4.69, 9.17) is 0 Å². The van der Waals surface area contributed by atoms with E-state index in [1.165, 1.54) is 19.2 Å². The molecule has 2 rings (SSSR count). The van der Waals surface area contributed by atoms with E-state index in [0.717, 1.165) is 19.2 Å². The van der Waals surface area contributed by atoms with Gasteiger partial charge in [-0.3, -0.25) is 10.1 Å². The summed E-state index contributed by atoms with van der Waals surface area (Å²) in [5, 5.41) is 11.2. The van der Waals surface area contributed by atoms with Crippen LogP contribution in [-0.4, -0.2) is 58.5 Å². The molecule has 1 heterocycles. The van der Waals surface area contributed by atoms with Gasteiger partial charge in [0.25, 0.3) is 5.69 Å². The summed E-state index contributed by atoms with van der Waals surface area (Å²) in [5.74, 6) is 0. The normalized spacial score (nSPS) is 17.0. The van der Waals surface area contributed by atoms with Gasteiger partial charge < -0.3 is 9.80 Å². The van der Waals surface area contributed by atoms with Crippen molar-refractivity contribution >= 4 is 21.4 Å². The number of sulfonamides is 1. The van der Waals surface area contributed by atoms with Crippen LogP contribution in [0.5, 0.6) is 0 Å². The third-order valence-corrected chi connectivity index (χ3v) is 4.98. The highest BCUT2D eigenvalue weighted by atomic mass is 32.2. The van der Waals surface area contributed by atoms with E-state index in [-0.39, 0.29) is 10.6 Å². The first kappa shape index (κ1) is 15.7. The number of benzene rings is 1. The molecule has 1 aliphatic heterocycles. The Bertz CT molecular complexity index is 639. The molecule has 1 saturated heterocycles. The monoisotopic (exact) mass is 314 g/mol. The molecule has 1 fully saturated rings. The first-order valence-corrected chi connectivity index (χ1v) is 7.99. The van der Waals surface area contributed by atoms with E-state index in [1.807, 2.05) is 11.9 Å². The molecule has 0 radical (unpaired) electrons. The fourth-order valence-electron chi connectivity index (χ4n) is 2.25. The summed E-state index contributed by atoms with van der Waals surface area (Å²) < 4.78 is 25.7. The molecular formula is C12H18N4O4S. The number of piperazine rings is 1. The number of hydrogen-bond acceptors (Lipinski definition) is 6. The maximum absolute atomic E-state index is 11.8. The van der Waals surface area contributed by atoms with E-state index in [2.05, 4.69) is 9.62 Å². The van der Waals surface area contributed by atoms with Gasteiger partial charge in [-0.15, -0.1) is 0 Å². The Balaban J connectivity index is 2.41. The molecule has 9 heteroatoms. The van der Waals surface area contributed by atoms with Crippen LogP contribution in [0.4, 0.5) is 11.4 Å². The first-order chi connectivity index (χ1) is 9.85. The topological polar surface area (TPSA) is 95.8 Å². The van der Waals surface area contributed by atoms with Gasteiger partial charge in [-0.05, 0) is 26.2 Å². The highest BCUT2D eigenvalue weighted by Crippen LogP contribution is 2.31. The molecule has 1 aromatic rings. The Morgan fingerprint density at radius 3 is 2.38 bits per heavy atom. The van der Waals surface area contributed by atoms with Crippen molar-refractivity contribution in [3.63, 3.8) is 0 Å². The third kappa shape index (κ3) is 3.31. The first-order valence-electron chi connectivity index (χ1n) is 6.50. The molecular weight excluding hydrogens is 296 g/mol. The smallest absolute Gasteiger partial charge is 0.293 e. The number of rotatable bonds is 4. The van der Waals surface area contributed by atoms with Crippen LogP contribution in [-0.2, 0) is 10.0 Å². The summed E-state index contributed by atoms with van der Waals surface area (Å²) >= 11 is 0. The van der Waals surface area contributed by atoms with Crippen LogP contribution in [0.1, 0.15) is 0 Å². The lowest BCUT2D eigenvalue weighted by atomic mass is 10.2. The molecule has 0 saturated carbocycles. The number of hydrogen-bond donors (Lipinski definition) is 1. The van der Waals surface area contributed by atoms with E-state index < -0.39 is 14.9 Å². The molecule has 8 nitrogen and oxygen atoms in total. The summed E-state index contributed by atoms with van der Waals surface area (Å²) in [6, 6.07) is 4.01. The Morgan fingerprint density at radius 2 is 1.86 bits per heavy atom. The van der Waals surface area contributed by atoms with Crippen molar-refractivity contribution in [3.05, 3.63) is 28.3 Å². The maximum Gasteiger partial charge on any atom is 0.293 e. The second-order valence-electron chi connectivity index (χ2n) is 4.91. The molecule has 0 amide bonds. The Hall–Kier alpha value is -1.71. The minimum atomic E-state index is -3.69. The molecule has 116 valence electrons. The zero-order valence-corrected chi connectivity index (χ0v) is 12.8. The van der Waals surface area contributed by atoms with Crippen LogP contribution >= 0.6 is 0 Å². The number of likely N-dealkylation sites (N-methyl/N-ethyl adjacent to an activating group) is 1. The molecule has 21 heavy (non-hydrogen) atoms. The fourth-order valence-corrected chi connectivity index (χ4v) is 3.00. The lowest BCUT2D eigenvalue weighted by molar-refractivity contribution is -0.384. The number of anilines is 1. The average molecular weight is 314 g/mol. The van der Waals surface area contributed by atoms with Gasteiger partial charge in [-0.2, -0.15) is 0 Å². The van der Waals surface area contributed by atoms with Gasteiger partial charge in [-0.25, -0.2) is 13.1 Å². The second-order valence-corrected chi connectivity index (χ2v) is 6.79. The van der Waals surface area contributed by atoms with Gasteiger partial charge in [0.05, 0.1) is 9.82 Å². The lowest BCUT2D eigenvalue weighted by Crippen LogP contribution is -2.44. The molecule has 0 bridgehead atoms. The predicted molar refractivity (Wildman–Crippen MR) is 79.1 cm³/mol. The summed E-state index contributed by atoms with van der Waals surface area (Å²) in [4.78, 5) is 14.7. The van der Waals surface area contributed by atoms with Gasteiger partial charge in [0.2, 0.25) is 10.0 Å². The largest absolute Gasteiger partial charge is 0.363 e. The maximum atomic E-state index is 11.8. The minimum absolute atomic E-state index is 0.102. The molecule has 1 aliphatic rings. The fraction of sp³-hybridized carbons (Fsp3) is 0.500. The standard InChI is InChI=1S/C12H18N4O4S/c1-13-21(19,20)10-3-4-11(12(9-10)16(17)18)15-7-5-14(2)6-8-15/h3-4,9,13H,5-8H2,1-2H3. The molecule has 0 unspecified atom stereocenters. The highest BCUT2D eigenvalue weighted by Gasteiger charge is 2.25. The van der Waals surface area contributed by atoms with Gasteiger partial charge in [0, 0.05) is 32.2 Å². The molecule has 0 atom stereocenters. The number of nitrogens with zero attached hydrogens (tertiary/aromatic N) is 3. The van der Waals surface area contributed by atoms with Crippen molar-refractivity contribution in [1.29, 1.82) is 0 Å². The zero-order chi connectivity index (χ0) is 15.6. The summed E-state index contributed by atoms with van der Waals surface area (Å²) in [6.07, 6.45) is 0. The zero-order valence-electron chi connectivity index (χ0n) is 11.9. The summed E-state index contributed by atoms with van der Waals surface area (Å²) in [5.41, 5.74) is 0.277. The molecule has 1 N–H and O–H groups in total. The molecule has 1 aromatic carbocycles. The second kappa shape index (κ2) is 5.96. The van der Waals surface area contributed by atoms with E-state index in [0.29, 0.717) is 18.8 Å². The van der Waals surface area contributed by atoms with Crippen LogP contribution in [0.25, 0.3) is 0 Å². The molecule has 0 aliphatic carbocycles. The van der Waals surface area contributed by atoms with Crippen molar-refractivity contribution in [2.24, 2.45) is 0 Å². The summed E-state index contributed by atoms with van der Waals surface area (Å²) in [7, 11) is -0.424. The number of nitro benzene ring substituents is 1. The summed E-state index contributed by atoms with van der Waals surface area (Å²) in [6.45, 7) is 2.98. The molecule has 0 aromatic heterocycles. The van der Waals surface area contributed by atoms with Crippen LogP contribution in [0.2, 0.25) is 0 Å². The van der Waals surface area contributed by atoms with Crippen molar-refractivity contribution in [3.8, 4) is 0 Å². The van der Waals surface area contributed by atoms with Crippen LogP contribution in [0, 0.1) is 10.1 Å². The van der Waals surface area contributed by atoms with Crippen molar-refractivity contribution in [2.75, 3.05) is 45.2 Å². The number of nitrogens with one attached hydrogen (secondary N) is 1. The van der Waals surface area contributed by atoms with Gasteiger partial charge >= 0.3 is 0 Å². The SMILES string of the molecule is CNS(=O)(=O)c1ccc(N2CCN(C)CC2)c([N+](=O)[O-])c1. The van der Waals surface area contributed by atoms with Crippen molar-refractivity contribution < 1.29 is 13.3 Å². The van der Waals surface area contributed by atoms with Gasteiger partial charge in [0.15, 0.2) is 0 Å². The van der Waals surface area contributed by atoms with E-state index in [9.17, 15) is 18.5 Å². The molecule has 0 spiro atoms. The van der Waals surface area contributed by atoms with E-state index in [1.54, 1.807) is 0 Å². The van der Waals surface area contributed by atoms with E-state index >= 15 is 0 Å². The van der Waals surface area contributed by atoms with Crippen molar-refractivity contribution in [2.45, 2.75) is 4.90 Å². The predicted octanol–water partition coefficient (Wildman–Crippen LogP) is 0.255. The third-order valence-electron chi connectivity index (χ3n) is 3.57. The lowest BCUT2D eigenvalue weighted by Gasteiger charge is -2.33. The van der Waals surface area contributed by atoms with Crippen LogP contribution in [0.15, 0.2) is 23.1 Å². The van der Waals surface area contributed by atoms with Crippen LogP contribution < -0.4 is 9.62 Å². The Morgan fingerprint density at radius 1 is 1.24 bits per heavy atom. The average Bonchev–Trinajstić information content (AvgIpc) is 2.47. The van der Waals surface area contributed by atoms with Crippen LogP contribution in [0.3, 0.4) is 0 Å². The quantitative estimate of drug-likeness (QED) is 0.632. The minimum Gasteiger partial charge on any atom is -0.363 e.